The van der Waals surface area contributed by atoms with Crippen molar-refractivity contribution in [3.8, 4) is 5.75 Å². The predicted octanol–water partition coefficient (Wildman–Crippen LogP) is 2.68. The van der Waals surface area contributed by atoms with Gasteiger partial charge < -0.3 is 15.4 Å². The van der Waals surface area contributed by atoms with Crippen LogP contribution in [0.25, 0.3) is 0 Å². The van der Waals surface area contributed by atoms with Crippen molar-refractivity contribution in [1.29, 1.82) is 0 Å². The molecule has 0 amide bonds. The molecule has 0 aromatic heterocycles. The average molecular weight is 497 g/mol. The molecule has 0 radical (unpaired) electrons. The Kier molecular flexibility index (Phi) is 11.9. The third-order valence-electron chi connectivity index (χ3n) is 3.67. The lowest BCUT2D eigenvalue weighted by molar-refractivity contribution is 0.324. The van der Waals surface area contributed by atoms with Gasteiger partial charge in [0, 0.05) is 18.8 Å². The van der Waals surface area contributed by atoms with E-state index in [4.69, 9.17) is 4.74 Å². The van der Waals surface area contributed by atoms with Crippen LogP contribution in [0.2, 0.25) is 0 Å². The normalized spacial score (nSPS) is 12.9. The summed E-state index contributed by atoms with van der Waals surface area (Å²) in [7, 11) is -2.95. The Hall–Kier alpha value is -1.03. The molecule has 0 saturated carbocycles. The van der Waals surface area contributed by atoms with Crippen molar-refractivity contribution in [3.05, 3.63) is 29.3 Å². The molecule has 1 rings (SSSR count). The molecule has 0 aliphatic carbocycles. The fraction of sp³-hybridized carbons (Fsp3) is 0.611. The molecule has 6 nitrogen and oxygen atoms in total. The van der Waals surface area contributed by atoms with Crippen LogP contribution in [-0.2, 0) is 9.84 Å². The molecule has 0 aliphatic rings. The third kappa shape index (κ3) is 10.2. The maximum atomic E-state index is 11.3. The molecule has 0 heterocycles. The highest BCUT2D eigenvalue weighted by Crippen LogP contribution is 2.21. The van der Waals surface area contributed by atoms with Gasteiger partial charge in [0.2, 0.25) is 0 Å². The summed E-state index contributed by atoms with van der Waals surface area (Å²) in [6.07, 6.45) is 1.80. The number of nitrogens with one attached hydrogen (secondary N) is 2. The summed E-state index contributed by atoms with van der Waals surface area (Å²) in [5.74, 6) is 1.75. The maximum absolute atomic E-state index is 11.3. The molecule has 26 heavy (non-hydrogen) atoms. The fourth-order valence-corrected chi connectivity index (χ4v) is 3.13. The molecule has 1 unspecified atom stereocenters. The van der Waals surface area contributed by atoms with Gasteiger partial charge in [-0.25, -0.2) is 13.4 Å². The average Bonchev–Trinajstić information content (AvgIpc) is 2.51. The van der Waals surface area contributed by atoms with Crippen molar-refractivity contribution >= 4 is 39.8 Å². The fourth-order valence-electron chi connectivity index (χ4n) is 2.35. The summed E-state index contributed by atoms with van der Waals surface area (Å²) in [5.41, 5.74) is 2.23. The van der Waals surface area contributed by atoms with Gasteiger partial charge in [-0.3, -0.25) is 0 Å². The minimum Gasteiger partial charge on any atom is -0.491 e. The minimum absolute atomic E-state index is 0. The number of ether oxygens (including phenoxy) is 1. The summed E-state index contributed by atoms with van der Waals surface area (Å²) in [6.45, 7) is 9.74. The van der Waals surface area contributed by atoms with Gasteiger partial charge in [0.1, 0.15) is 22.2 Å². The Bertz CT molecular complexity index is 658. The molecule has 0 saturated heterocycles. The minimum atomic E-state index is -2.95. The lowest BCUT2D eigenvalue weighted by atomic mass is 10.1. The van der Waals surface area contributed by atoms with Crippen LogP contribution in [0, 0.1) is 13.8 Å². The van der Waals surface area contributed by atoms with Crippen LogP contribution in [0.5, 0.6) is 5.75 Å². The van der Waals surface area contributed by atoms with Crippen molar-refractivity contribution in [2.75, 3.05) is 31.7 Å². The van der Waals surface area contributed by atoms with Gasteiger partial charge >= 0.3 is 0 Å². The number of rotatable bonds is 9. The molecule has 0 fully saturated rings. The van der Waals surface area contributed by atoms with Gasteiger partial charge in [0.25, 0.3) is 0 Å². The van der Waals surface area contributed by atoms with E-state index >= 15 is 0 Å². The Labute approximate surface area is 175 Å². The molecule has 1 aromatic carbocycles. The number of hydrogen-bond acceptors (Lipinski definition) is 4. The van der Waals surface area contributed by atoms with E-state index in [1.165, 1.54) is 6.26 Å². The molecule has 0 aliphatic heterocycles. The van der Waals surface area contributed by atoms with Gasteiger partial charge in [-0.15, -0.1) is 24.0 Å². The second-order valence-corrected chi connectivity index (χ2v) is 8.55. The Morgan fingerprint density at radius 3 is 2.42 bits per heavy atom. The van der Waals surface area contributed by atoms with E-state index in [1.54, 1.807) is 0 Å². The van der Waals surface area contributed by atoms with Crippen LogP contribution in [0.15, 0.2) is 23.2 Å². The van der Waals surface area contributed by atoms with Gasteiger partial charge in [-0.05, 0) is 45.2 Å². The number of benzene rings is 1. The number of hydrogen-bond donors (Lipinski definition) is 2. The highest BCUT2D eigenvalue weighted by molar-refractivity contribution is 14.0. The SMILES string of the molecule is CCNC(=NCCOc1c(C)cccc1C)NC(C)CCS(C)(=O)=O.I. The van der Waals surface area contributed by atoms with Crippen LogP contribution in [0.4, 0.5) is 0 Å². The Balaban J connectivity index is 0.00000625. The number of halogens is 1. The zero-order valence-corrected chi connectivity index (χ0v) is 19.5. The largest absolute Gasteiger partial charge is 0.491 e. The Morgan fingerprint density at radius 2 is 1.88 bits per heavy atom. The zero-order valence-electron chi connectivity index (χ0n) is 16.3. The number of sulfone groups is 1. The van der Waals surface area contributed by atoms with Crippen molar-refractivity contribution < 1.29 is 13.2 Å². The molecule has 1 aromatic rings. The standard InChI is InChI=1S/C18H31N3O3S.HI/c1-6-19-18(21-16(4)10-13-25(5,22)23)20-11-12-24-17-14(2)8-7-9-15(17)3;/h7-9,16H,6,10-13H2,1-5H3,(H2,19,20,21);1H. The topological polar surface area (TPSA) is 79.8 Å². The summed E-state index contributed by atoms with van der Waals surface area (Å²) in [6, 6.07) is 6.09. The van der Waals surface area contributed by atoms with Crippen LogP contribution in [0.3, 0.4) is 0 Å². The van der Waals surface area contributed by atoms with Crippen molar-refractivity contribution in [1.82, 2.24) is 10.6 Å². The van der Waals surface area contributed by atoms with E-state index in [2.05, 4.69) is 15.6 Å². The predicted molar refractivity (Wildman–Crippen MR) is 120 cm³/mol. The molecule has 0 bridgehead atoms. The number of aryl methyl sites for hydroxylation is 2. The summed E-state index contributed by atoms with van der Waals surface area (Å²) < 4.78 is 28.4. The van der Waals surface area contributed by atoms with Crippen LogP contribution < -0.4 is 15.4 Å². The van der Waals surface area contributed by atoms with E-state index in [0.29, 0.717) is 25.5 Å². The van der Waals surface area contributed by atoms with Gasteiger partial charge in [-0.1, -0.05) is 18.2 Å². The van der Waals surface area contributed by atoms with E-state index in [9.17, 15) is 8.42 Å². The monoisotopic (exact) mass is 497 g/mol. The highest BCUT2D eigenvalue weighted by atomic mass is 127. The van der Waals surface area contributed by atoms with Crippen molar-refractivity contribution in [2.24, 2.45) is 4.99 Å². The lowest BCUT2D eigenvalue weighted by Gasteiger charge is -2.17. The van der Waals surface area contributed by atoms with Crippen LogP contribution >= 0.6 is 24.0 Å². The van der Waals surface area contributed by atoms with Crippen LogP contribution in [0.1, 0.15) is 31.4 Å². The van der Waals surface area contributed by atoms with E-state index in [1.807, 2.05) is 45.9 Å². The molecule has 8 heteroatoms. The number of aliphatic imine (C=N–C) groups is 1. The number of para-hydroxylation sites is 1. The number of nitrogens with zero attached hydrogens (tertiary/aromatic N) is 1. The second-order valence-electron chi connectivity index (χ2n) is 6.29. The third-order valence-corrected chi connectivity index (χ3v) is 4.64. The lowest BCUT2D eigenvalue weighted by Crippen LogP contribution is -2.43. The molecule has 2 N–H and O–H groups in total. The van der Waals surface area contributed by atoms with E-state index < -0.39 is 9.84 Å². The van der Waals surface area contributed by atoms with Crippen LogP contribution in [-0.4, -0.2) is 52.1 Å². The van der Waals surface area contributed by atoms with Crippen molar-refractivity contribution in [3.63, 3.8) is 0 Å². The smallest absolute Gasteiger partial charge is 0.191 e. The first-order valence-corrected chi connectivity index (χ1v) is 10.7. The van der Waals surface area contributed by atoms with Gasteiger partial charge in [-0.2, -0.15) is 0 Å². The summed E-state index contributed by atoms with van der Waals surface area (Å²) in [5, 5.41) is 6.40. The summed E-state index contributed by atoms with van der Waals surface area (Å²) >= 11 is 0. The maximum Gasteiger partial charge on any atom is 0.191 e. The Morgan fingerprint density at radius 1 is 1.27 bits per heavy atom. The van der Waals surface area contributed by atoms with Crippen molar-refractivity contribution in [2.45, 2.75) is 40.2 Å². The quantitative estimate of drug-likeness (QED) is 0.238. The van der Waals surface area contributed by atoms with Gasteiger partial charge in [0.15, 0.2) is 5.96 Å². The molecule has 0 spiro atoms. The first-order chi connectivity index (χ1) is 11.7. The zero-order chi connectivity index (χ0) is 18.9. The first-order valence-electron chi connectivity index (χ1n) is 8.64. The van der Waals surface area contributed by atoms with E-state index in [-0.39, 0.29) is 35.8 Å². The molecule has 1 atom stereocenters. The number of guanidine groups is 1. The molecular weight excluding hydrogens is 465 g/mol. The molecular formula is C18H32IN3O3S. The first kappa shape index (κ1) is 25.0. The second kappa shape index (κ2) is 12.4. The van der Waals surface area contributed by atoms with E-state index in [0.717, 1.165) is 23.4 Å². The molecule has 150 valence electrons. The highest BCUT2D eigenvalue weighted by Gasteiger charge is 2.09. The summed E-state index contributed by atoms with van der Waals surface area (Å²) in [4.78, 5) is 4.49. The van der Waals surface area contributed by atoms with Gasteiger partial charge in [0.05, 0.1) is 12.3 Å².